The second kappa shape index (κ2) is 8.39. The van der Waals surface area contributed by atoms with Crippen LogP contribution in [0.1, 0.15) is 39.0 Å². The maximum Gasteiger partial charge on any atom is 0.238 e. The lowest BCUT2D eigenvalue weighted by atomic mass is 9.84. The number of rotatable bonds is 10. The zero-order valence-electron chi connectivity index (χ0n) is 13.1. The number of nitrogens with one attached hydrogen (secondary N) is 1. The molecule has 1 rings (SSSR count). The molecule has 0 radical (unpaired) electrons. The molecule has 1 aliphatic rings. The summed E-state index contributed by atoms with van der Waals surface area (Å²) in [6.07, 6.45) is 6.02. The highest BCUT2D eigenvalue weighted by Gasteiger charge is 2.46. The highest BCUT2D eigenvalue weighted by molar-refractivity contribution is 8.00. The number of sulfone groups is 1. The van der Waals surface area contributed by atoms with Crippen molar-refractivity contribution in [1.82, 2.24) is 5.32 Å². The van der Waals surface area contributed by atoms with Gasteiger partial charge in [0.2, 0.25) is 5.91 Å². The highest BCUT2D eigenvalue weighted by atomic mass is 32.2. The molecular formula is C14H28N2O3S2. The van der Waals surface area contributed by atoms with E-state index in [-0.39, 0.29) is 17.6 Å². The lowest BCUT2D eigenvalue weighted by Crippen LogP contribution is -2.58. The second-order valence-corrected chi connectivity index (χ2v) is 9.37. The van der Waals surface area contributed by atoms with Crippen molar-refractivity contribution >= 4 is 27.5 Å². The van der Waals surface area contributed by atoms with Gasteiger partial charge in [-0.25, -0.2) is 8.42 Å². The van der Waals surface area contributed by atoms with Crippen molar-refractivity contribution in [3.8, 4) is 0 Å². The van der Waals surface area contributed by atoms with Crippen LogP contribution in [0.3, 0.4) is 0 Å². The maximum atomic E-state index is 11.9. The zero-order valence-corrected chi connectivity index (χ0v) is 14.7. The molecule has 3 N–H and O–H groups in total. The third kappa shape index (κ3) is 5.79. The molecule has 0 aliphatic heterocycles. The summed E-state index contributed by atoms with van der Waals surface area (Å²) < 4.78 is 22.2. The van der Waals surface area contributed by atoms with Gasteiger partial charge in [0.15, 0.2) is 0 Å². The number of primary amides is 1. The number of nitrogens with two attached hydrogens (primary N) is 1. The summed E-state index contributed by atoms with van der Waals surface area (Å²) in [5.41, 5.74) is 5.12. The molecular weight excluding hydrogens is 308 g/mol. The zero-order chi connectivity index (χ0) is 15.9. The van der Waals surface area contributed by atoms with Crippen molar-refractivity contribution in [3.05, 3.63) is 0 Å². The lowest BCUT2D eigenvalue weighted by molar-refractivity contribution is -0.126. The number of carbonyl (C=O) groups excluding carboxylic acids is 1. The van der Waals surface area contributed by atoms with Crippen LogP contribution in [0.15, 0.2) is 0 Å². The number of amides is 1. The third-order valence-corrected chi connectivity index (χ3v) is 6.38. The van der Waals surface area contributed by atoms with Crippen LogP contribution >= 0.6 is 11.8 Å². The first-order valence-electron chi connectivity index (χ1n) is 7.62. The Labute approximate surface area is 132 Å². The molecule has 1 amide bonds. The van der Waals surface area contributed by atoms with Gasteiger partial charge in [-0.15, -0.1) is 0 Å². The van der Waals surface area contributed by atoms with Gasteiger partial charge in [0.05, 0.1) is 5.75 Å². The summed E-state index contributed by atoms with van der Waals surface area (Å²) in [7, 11) is -2.88. The Hall–Kier alpha value is -0.270. The summed E-state index contributed by atoms with van der Waals surface area (Å²) in [5.74, 6) is 1.75. The van der Waals surface area contributed by atoms with Crippen molar-refractivity contribution in [1.29, 1.82) is 0 Å². The van der Waals surface area contributed by atoms with Crippen molar-refractivity contribution in [2.24, 2.45) is 11.7 Å². The molecule has 2 unspecified atom stereocenters. The minimum atomic E-state index is -2.88. The van der Waals surface area contributed by atoms with Crippen LogP contribution < -0.4 is 11.1 Å². The first-order valence-corrected chi connectivity index (χ1v) is 10.8. The van der Waals surface area contributed by atoms with E-state index in [1.165, 1.54) is 6.26 Å². The van der Waals surface area contributed by atoms with E-state index < -0.39 is 15.4 Å². The van der Waals surface area contributed by atoms with E-state index in [1.54, 1.807) is 11.8 Å². The number of carbonyl (C=O) groups is 1. The average Bonchev–Trinajstić information content (AvgIpc) is 2.79. The SMILES string of the molecule is CCCNC1(C(N)=O)CCCC1CCSCCS(C)(=O)=O. The van der Waals surface area contributed by atoms with Crippen LogP contribution in [-0.4, -0.2) is 49.9 Å². The van der Waals surface area contributed by atoms with E-state index >= 15 is 0 Å². The second-order valence-electron chi connectivity index (χ2n) is 5.88. The molecule has 1 aliphatic carbocycles. The lowest BCUT2D eigenvalue weighted by Gasteiger charge is -2.33. The molecule has 0 aromatic heterocycles. The monoisotopic (exact) mass is 336 g/mol. The number of hydrogen-bond acceptors (Lipinski definition) is 5. The van der Waals surface area contributed by atoms with Crippen molar-refractivity contribution < 1.29 is 13.2 Å². The fourth-order valence-electron chi connectivity index (χ4n) is 3.00. The van der Waals surface area contributed by atoms with Gasteiger partial charge in [0.25, 0.3) is 0 Å². The molecule has 21 heavy (non-hydrogen) atoms. The molecule has 0 spiro atoms. The van der Waals surface area contributed by atoms with E-state index in [4.69, 9.17) is 5.73 Å². The summed E-state index contributed by atoms with van der Waals surface area (Å²) >= 11 is 1.64. The Kier molecular flexibility index (Phi) is 7.50. The first kappa shape index (κ1) is 18.8. The normalized spacial score (nSPS) is 26.1. The van der Waals surface area contributed by atoms with Gasteiger partial charge in [-0.3, -0.25) is 4.79 Å². The average molecular weight is 337 g/mol. The molecule has 0 bridgehead atoms. The fraction of sp³-hybridized carbons (Fsp3) is 0.929. The molecule has 5 nitrogen and oxygen atoms in total. The molecule has 0 aromatic carbocycles. The van der Waals surface area contributed by atoms with Crippen molar-refractivity contribution in [2.45, 2.75) is 44.6 Å². The molecule has 2 atom stereocenters. The smallest absolute Gasteiger partial charge is 0.238 e. The van der Waals surface area contributed by atoms with Crippen LogP contribution in [0.4, 0.5) is 0 Å². The predicted octanol–water partition coefficient (Wildman–Crippen LogP) is 1.18. The largest absolute Gasteiger partial charge is 0.368 e. The summed E-state index contributed by atoms with van der Waals surface area (Å²) in [4.78, 5) is 11.9. The van der Waals surface area contributed by atoms with Crippen LogP contribution in [0.5, 0.6) is 0 Å². The minimum Gasteiger partial charge on any atom is -0.368 e. The van der Waals surface area contributed by atoms with Gasteiger partial charge >= 0.3 is 0 Å². The van der Waals surface area contributed by atoms with Gasteiger partial charge in [0.1, 0.15) is 15.4 Å². The van der Waals surface area contributed by atoms with Crippen LogP contribution in [0.25, 0.3) is 0 Å². The van der Waals surface area contributed by atoms with Crippen molar-refractivity contribution in [2.75, 3.05) is 30.1 Å². The van der Waals surface area contributed by atoms with Crippen molar-refractivity contribution in [3.63, 3.8) is 0 Å². The first-order chi connectivity index (χ1) is 9.82. The summed E-state index contributed by atoms with van der Waals surface area (Å²) in [5, 5.41) is 3.38. The van der Waals surface area contributed by atoms with Crippen LogP contribution in [0.2, 0.25) is 0 Å². The number of hydrogen-bond donors (Lipinski definition) is 2. The van der Waals surface area contributed by atoms with E-state index in [0.717, 1.165) is 44.4 Å². The fourth-order valence-corrected chi connectivity index (χ4v) is 5.34. The van der Waals surface area contributed by atoms with Gasteiger partial charge in [-0.2, -0.15) is 11.8 Å². The predicted molar refractivity (Wildman–Crippen MR) is 89.2 cm³/mol. The highest BCUT2D eigenvalue weighted by Crippen LogP contribution is 2.38. The van der Waals surface area contributed by atoms with Gasteiger partial charge in [-0.05, 0) is 43.9 Å². The quantitative estimate of drug-likeness (QED) is 0.585. The minimum absolute atomic E-state index is 0.220. The van der Waals surface area contributed by atoms with Gasteiger partial charge in [0, 0.05) is 12.0 Å². The summed E-state index contributed by atoms with van der Waals surface area (Å²) in [6, 6.07) is 0. The van der Waals surface area contributed by atoms with Crippen LogP contribution in [-0.2, 0) is 14.6 Å². The Bertz CT molecular complexity index is 440. The molecule has 0 heterocycles. The third-order valence-electron chi connectivity index (χ3n) is 4.16. The Morgan fingerprint density at radius 1 is 1.43 bits per heavy atom. The Morgan fingerprint density at radius 3 is 2.71 bits per heavy atom. The van der Waals surface area contributed by atoms with E-state index in [9.17, 15) is 13.2 Å². The topological polar surface area (TPSA) is 89.3 Å². The molecule has 124 valence electrons. The van der Waals surface area contributed by atoms with E-state index in [1.807, 2.05) is 0 Å². The molecule has 0 saturated heterocycles. The molecule has 0 aromatic rings. The van der Waals surface area contributed by atoms with E-state index in [0.29, 0.717) is 5.75 Å². The standard InChI is InChI=1S/C14H28N2O3S2/c1-3-8-16-14(13(15)17)7-4-5-12(14)6-9-20-10-11-21(2,18)19/h12,16H,3-11H2,1-2H3,(H2,15,17). The van der Waals surface area contributed by atoms with Gasteiger partial charge in [-0.1, -0.05) is 13.3 Å². The van der Waals surface area contributed by atoms with E-state index in [2.05, 4.69) is 12.2 Å². The summed E-state index contributed by atoms with van der Waals surface area (Å²) in [6.45, 7) is 2.88. The molecule has 1 fully saturated rings. The maximum absolute atomic E-state index is 11.9. The molecule has 1 saturated carbocycles. The van der Waals surface area contributed by atoms with Gasteiger partial charge < -0.3 is 11.1 Å². The number of thioether (sulfide) groups is 1. The van der Waals surface area contributed by atoms with Crippen LogP contribution in [0, 0.1) is 5.92 Å². The Balaban J connectivity index is 2.46. The molecule has 7 heteroatoms. The Morgan fingerprint density at radius 2 is 2.14 bits per heavy atom.